The average Bonchev–Trinajstić information content (AvgIpc) is 2.33. The van der Waals surface area contributed by atoms with E-state index >= 15 is 0 Å². The van der Waals surface area contributed by atoms with Crippen molar-refractivity contribution in [1.29, 1.82) is 0 Å². The molecule has 2 nitrogen and oxygen atoms in total. The second-order valence-corrected chi connectivity index (χ2v) is 4.92. The van der Waals surface area contributed by atoms with Crippen molar-refractivity contribution in [3.05, 3.63) is 57.5 Å². The molecular weight excluding hydrogens is 302 g/mol. The normalized spacial score (nSPS) is 10.2. The minimum Gasteiger partial charge on any atom is -0.489 e. The summed E-state index contributed by atoms with van der Waals surface area (Å²) in [7, 11) is 0. The molecular formula is C13H11BrClNO. The van der Waals surface area contributed by atoms with Gasteiger partial charge in [-0.1, -0.05) is 39.7 Å². The van der Waals surface area contributed by atoms with Crippen molar-refractivity contribution in [2.24, 2.45) is 0 Å². The van der Waals surface area contributed by atoms with Gasteiger partial charge >= 0.3 is 0 Å². The predicted octanol–water partition coefficient (Wildman–Crippen LogP) is 4.26. The van der Waals surface area contributed by atoms with E-state index in [9.17, 15) is 0 Å². The van der Waals surface area contributed by atoms with Gasteiger partial charge in [0.1, 0.15) is 12.4 Å². The lowest BCUT2D eigenvalue weighted by Crippen LogP contribution is -1.95. The van der Waals surface area contributed by atoms with Crippen molar-refractivity contribution in [3.63, 3.8) is 0 Å². The minimum atomic E-state index is 0.507. The summed E-state index contributed by atoms with van der Waals surface area (Å²) in [5, 5.41) is 0.512. The smallest absolute Gasteiger partial charge is 0.121 e. The number of anilines is 1. The summed E-state index contributed by atoms with van der Waals surface area (Å²) in [4.78, 5) is 0. The van der Waals surface area contributed by atoms with Crippen LogP contribution in [0.3, 0.4) is 0 Å². The zero-order valence-corrected chi connectivity index (χ0v) is 11.3. The fraction of sp³-hybridized carbons (Fsp3) is 0.0769. The van der Waals surface area contributed by atoms with E-state index in [1.54, 1.807) is 18.2 Å². The molecule has 0 spiro atoms. The topological polar surface area (TPSA) is 35.2 Å². The molecule has 88 valence electrons. The summed E-state index contributed by atoms with van der Waals surface area (Å²) in [6.07, 6.45) is 0. The van der Waals surface area contributed by atoms with Gasteiger partial charge in [-0.15, -0.1) is 0 Å². The maximum absolute atomic E-state index is 5.91. The third kappa shape index (κ3) is 3.38. The minimum absolute atomic E-state index is 0.507. The van der Waals surface area contributed by atoms with Crippen LogP contribution < -0.4 is 10.5 Å². The van der Waals surface area contributed by atoms with Gasteiger partial charge in [0.05, 0.1) is 10.7 Å². The SMILES string of the molecule is Nc1ccc(OCc2ccc(Br)cc2)cc1Cl. The van der Waals surface area contributed by atoms with Crippen LogP contribution in [-0.4, -0.2) is 0 Å². The van der Waals surface area contributed by atoms with Crippen LogP contribution in [-0.2, 0) is 6.61 Å². The molecule has 0 radical (unpaired) electrons. The van der Waals surface area contributed by atoms with Crippen LogP contribution >= 0.6 is 27.5 Å². The third-order valence-corrected chi connectivity index (χ3v) is 3.15. The fourth-order valence-electron chi connectivity index (χ4n) is 1.34. The van der Waals surface area contributed by atoms with E-state index < -0.39 is 0 Å². The highest BCUT2D eigenvalue weighted by molar-refractivity contribution is 9.10. The molecule has 0 atom stereocenters. The van der Waals surface area contributed by atoms with Crippen LogP contribution in [0.25, 0.3) is 0 Å². The molecule has 0 saturated carbocycles. The van der Waals surface area contributed by atoms with Crippen molar-refractivity contribution in [1.82, 2.24) is 0 Å². The summed E-state index contributed by atoms with van der Waals surface area (Å²) >= 11 is 9.29. The first-order chi connectivity index (χ1) is 8.15. The largest absolute Gasteiger partial charge is 0.489 e. The molecule has 2 aromatic rings. The lowest BCUT2D eigenvalue weighted by Gasteiger charge is -2.07. The van der Waals surface area contributed by atoms with Gasteiger partial charge in [0.25, 0.3) is 0 Å². The molecule has 0 heterocycles. The first-order valence-electron chi connectivity index (χ1n) is 5.07. The molecule has 0 aliphatic carbocycles. The molecule has 0 saturated heterocycles. The van der Waals surface area contributed by atoms with Crippen molar-refractivity contribution >= 4 is 33.2 Å². The van der Waals surface area contributed by atoms with E-state index in [-0.39, 0.29) is 0 Å². The number of ether oxygens (including phenoxy) is 1. The van der Waals surface area contributed by atoms with Gasteiger partial charge in [0.2, 0.25) is 0 Å². The number of halogens is 2. The highest BCUT2D eigenvalue weighted by Crippen LogP contribution is 2.24. The molecule has 17 heavy (non-hydrogen) atoms. The van der Waals surface area contributed by atoms with E-state index in [1.807, 2.05) is 24.3 Å². The Morgan fingerprint density at radius 3 is 2.47 bits per heavy atom. The summed E-state index contributed by atoms with van der Waals surface area (Å²) in [5.74, 6) is 0.715. The number of benzene rings is 2. The molecule has 0 fully saturated rings. The second-order valence-electron chi connectivity index (χ2n) is 3.60. The molecule has 0 amide bonds. The monoisotopic (exact) mass is 311 g/mol. The van der Waals surface area contributed by atoms with Crippen LogP contribution in [0.15, 0.2) is 46.9 Å². The van der Waals surface area contributed by atoms with Gasteiger partial charge in [0.15, 0.2) is 0 Å². The summed E-state index contributed by atoms with van der Waals surface area (Å²) in [5.41, 5.74) is 7.28. The summed E-state index contributed by atoms with van der Waals surface area (Å²) in [6.45, 7) is 0.507. The van der Waals surface area contributed by atoms with E-state index in [0.717, 1.165) is 10.0 Å². The van der Waals surface area contributed by atoms with Gasteiger partial charge < -0.3 is 10.5 Å². The van der Waals surface area contributed by atoms with Gasteiger partial charge in [-0.05, 0) is 29.8 Å². The molecule has 0 bridgehead atoms. The van der Waals surface area contributed by atoms with E-state index in [4.69, 9.17) is 22.1 Å². The van der Waals surface area contributed by atoms with E-state index in [2.05, 4.69) is 15.9 Å². The molecule has 2 N–H and O–H groups in total. The molecule has 4 heteroatoms. The summed E-state index contributed by atoms with van der Waals surface area (Å²) < 4.78 is 6.67. The lowest BCUT2D eigenvalue weighted by atomic mass is 10.2. The Hall–Kier alpha value is -1.19. The van der Waals surface area contributed by atoms with Crippen LogP contribution in [0.5, 0.6) is 5.75 Å². The zero-order valence-electron chi connectivity index (χ0n) is 8.99. The van der Waals surface area contributed by atoms with Gasteiger partial charge in [-0.25, -0.2) is 0 Å². The van der Waals surface area contributed by atoms with E-state index in [0.29, 0.717) is 23.1 Å². The Kier molecular flexibility index (Phi) is 3.92. The number of nitrogens with two attached hydrogens (primary N) is 1. The van der Waals surface area contributed by atoms with E-state index in [1.165, 1.54) is 0 Å². The van der Waals surface area contributed by atoms with Gasteiger partial charge in [-0.3, -0.25) is 0 Å². The van der Waals surface area contributed by atoms with Crippen LogP contribution in [0.4, 0.5) is 5.69 Å². The molecule has 2 rings (SSSR count). The van der Waals surface area contributed by atoms with Crippen LogP contribution in [0.2, 0.25) is 5.02 Å². The Balaban J connectivity index is 2.02. The Morgan fingerprint density at radius 1 is 1.12 bits per heavy atom. The second kappa shape index (κ2) is 5.43. The number of rotatable bonds is 3. The van der Waals surface area contributed by atoms with Crippen molar-refractivity contribution < 1.29 is 4.74 Å². The fourth-order valence-corrected chi connectivity index (χ4v) is 1.78. The maximum atomic E-state index is 5.91. The zero-order chi connectivity index (χ0) is 12.3. The highest BCUT2D eigenvalue weighted by Gasteiger charge is 2.00. The lowest BCUT2D eigenvalue weighted by molar-refractivity contribution is 0.306. The Morgan fingerprint density at radius 2 is 1.82 bits per heavy atom. The third-order valence-electron chi connectivity index (χ3n) is 2.29. The standard InChI is InChI=1S/C13H11BrClNO/c14-10-3-1-9(2-4-10)8-17-11-5-6-13(16)12(15)7-11/h1-7H,8,16H2. The van der Waals surface area contributed by atoms with Gasteiger partial charge in [0, 0.05) is 10.5 Å². The Bertz CT molecular complexity index is 513. The molecule has 0 unspecified atom stereocenters. The first kappa shape index (κ1) is 12.3. The van der Waals surface area contributed by atoms with Crippen LogP contribution in [0, 0.1) is 0 Å². The molecule has 0 aromatic heterocycles. The van der Waals surface area contributed by atoms with Gasteiger partial charge in [-0.2, -0.15) is 0 Å². The molecule has 2 aromatic carbocycles. The summed E-state index contributed by atoms with van der Waals surface area (Å²) in [6, 6.07) is 13.2. The molecule has 0 aliphatic heterocycles. The van der Waals surface area contributed by atoms with Crippen molar-refractivity contribution in [2.75, 3.05) is 5.73 Å². The van der Waals surface area contributed by atoms with Crippen molar-refractivity contribution in [3.8, 4) is 5.75 Å². The number of hydrogen-bond acceptors (Lipinski definition) is 2. The predicted molar refractivity (Wildman–Crippen MR) is 74.3 cm³/mol. The Labute approximate surface area is 113 Å². The maximum Gasteiger partial charge on any atom is 0.121 e. The quantitative estimate of drug-likeness (QED) is 0.859. The molecule has 0 aliphatic rings. The highest BCUT2D eigenvalue weighted by atomic mass is 79.9. The van der Waals surface area contributed by atoms with Crippen molar-refractivity contribution in [2.45, 2.75) is 6.61 Å². The first-order valence-corrected chi connectivity index (χ1v) is 6.24. The number of hydrogen-bond donors (Lipinski definition) is 1. The number of nitrogen functional groups attached to an aromatic ring is 1. The van der Waals surface area contributed by atoms with Crippen LogP contribution in [0.1, 0.15) is 5.56 Å². The average molecular weight is 313 g/mol.